The van der Waals surface area contributed by atoms with E-state index in [4.69, 9.17) is 16.3 Å². The third-order valence-electron chi connectivity index (χ3n) is 5.41. The van der Waals surface area contributed by atoms with Gasteiger partial charge in [-0.3, -0.25) is 4.79 Å². The average Bonchev–Trinajstić information content (AvgIpc) is 2.79. The zero-order valence-corrected chi connectivity index (χ0v) is 18.1. The molecule has 0 bridgehead atoms. The van der Waals surface area contributed by atoms with Crippen LogP contribution in [0.2, 0.25) is 0 Å². The molecule has 164 valence electrons. The number of amides is 1. The minimum atomic E-state index is -0.216. The lowest BCUT2D eigenvalue weighted by Crippen LogP contribution is -2.35. The molecule has 6 heteroatoms. The molecular formula is C25H32N4O2. The maximum Gasteiger partial charge on any atom is 0.244 e. The number of hydrogen-bond donors (Lipinski definition) is 3. The molecule has 0 aromatic heterocycles. The number of nitrogens with zero attached hydrogens (tertiary/aromatic N) is 1. The number of hydrazine groups is 1. The zero-order valence-electron chi connectivity index (χ0n) is 18.1. The standard InChI is InChI=1S/C25H32N4O2/c1-29(27)23(18-28-24(30)17-12-19-8-4-2-5-9-19)25(26)20-13-15-22(16-14-20)31-21-10-6-3-7-11-21/h2,4-5,8-9,12-17,21H,3,6-7,10-11,18,26-27H2,1H3,(H,28,30)/b17-12+,25-23-. The normalized spacial score (nSPS) is 15.4. The second-order valence-corrected chi connectivity index (χ2v) is 7.84. The highest BCUT2D eigenvalue weighted by atomic mass is 16.5. The number of nitrogens with one attached hydrogen (secondary N) is 1. The van der Waals surface area contributed by atoms with Gasteiger partial charge >= 0.3 is 0 Å². The van der Waals surface area contributed by atoms with Gasteiger partial charge in [-0.05, 0) is 67.2 Å². The molecule has 1 aliphatic rings. The molecule has 5 N–H and O–H groups in total. The molecule has 0 unspecified atom stereocenters. The third-order valence-corrected chi connectivity index (χ3v) is 5.41. The van der Waals surface area contributed by atoms with E-state index in [0.717, 1.165) is 29.7 Å². The number of rotatable bonds is 8. The van der Waals surface area contributed by atoms with Gasteiger partial charge in [0, 0.05) is 13.1 Å². The lowest BCUT2D eigenvalue weighted by molar-refractivity contribution is -0.116. The van der Waals surface area contributed by atoms with Gasteiger partial charge in [0.2, 0.25) is 5.91 Å². The molecule has 6 nitrogen and oxygen atoms in total. The van der Waals surface area contributed by atoms with Crippen molar-refractivity contribution in [3.63, 3.8) is 0 Å². The number of ether oxygens (including phenoxy) is 1. The van der Waals surface area contributed by atoms with Crippen molar-refractivity contribution < 1.29 is 9.53 Å². The van der Waals surface area contributed by atoms with Crippen molar-refractivity contribution in [2.75, 3.05) is 13.6 Å². The van der Waals surface area contributed by atoms with E-state index in [0.29, 0.717) is 17.5 Å². The van der Waals surface area contributed by atoms with Crippen molar-refractivity contribution in [1.29, 1.82) is 0 Å². The summed E-state index contributed by atoms with van der Waals surface area (Å²) in [5, 5.41) is 4.27. The Hall–Kier alpha value is -3.25. The highest BCUT2D eigenvalue weighted by molar-refractivity contribution is 5.92. The first-order chi connectivity index (χ1) is 15.0. The van der Waals surface area contributed by atoms with Gasteiger partial charge in [0.05, 0.1) is 24.0 Å². The molecular weight excluding hydrogens is 388 g/mol. The first-order valence-corrected chi connectivity index (χ1v) is 10.8. The van der Waals surface area contributed by atoms with E-state index in [-0.39, 0.29) is 12.5 Å². The van der Waals surface area contributed by atoms with Crippen LogP contribution in [0.4, 0.5) is 0 Å². The van der Waals surface area contributed by atoms with E-state index in [1.807, 2.05) is 54.6 Å². The molecule has 0 radical (unpaired) electrons. The van der Waals surface area contributed by atoms with Crippen molar-refractivity contribution in [3.8, 4) is 5.75 Å². The Bertz CT molecular complexity index is 899. The van der Waals surface area contributed by atoms with Crippen LogP contribution in [-0.4, -0.2) is 30.6 Å². The molecule has 0 atom stereocenters. The molecule has 0 aliphatic heterocycles. The fourth-order valence-electron chi connectivity index (χ4n) is 3.63. The molecule has 1 saturated carbocycles. The van der Waals surface area contributed by atoms with E-state index >= 15 is 0 Å². The number of likely N-dealkylation sites (N-methyl/N-ethyl adjacent to an activating group) is 1. The van der Waals surface area contributed by atoms with Crippen LogP contribution < -0.4 is 21.6 Å². The van der Waals surface area contributed by atoms with Crippen LogP contribution >= 0.6 is 0 Å². The first-order valence-electron chi connectivity index (χ1n) is 10.8. The fraction of sp³-hybridized carbons (Fsp3) is 0.320. The van der Waals surface area contributed by atoms with Gasteiger partial charge in [0.15, 0.2) is 0 Å². The Morgan fingerprint density at radius 2 is 1.77 bits per heavy atom. The summed E-state index contributed by atoms with van der Waals surface area (Å²) in [6.07, 6.45) is 9.56. The Balaban J connectivity index is 1.62. The number of nitrogens with two attached hydrogens (primary N) is 2. The van der Waals surface area contributed by atoms with Crippen LogP contribution in [0.3, 0.4) is 0 Å². The summed E-state index contributed by atoms with van der Waals surface area (Å²) in [5.74, 6) is 6.62. The van der Waals surface area contributed by atoms with Crippen molar-refractivity contribution in [2.45, 2.75) is 38.2 Å². The summed E-state index contributed by atoms with van der Waals surface area (Å²) >= 11 is 0. The van der Waals surface area contributed by atoms with Crippen LogP contribution in [0, 0.1) is 0 Å². The molecule has 1 aliphatic carbocycles. The molecule has 0 heterocycles. The van der Waals surface area contributed by atoms with E-state index in [2.05, 4.69) is 5.32 Å². The lowest BCUT2D eigenvalue weighted by atomic mass is 9.98. The minimum absolute atomic E-state index is 0.216. The van der Waals surface area contributed by atoms with Crippen LogP contribution in [0.15, 0.2) is 66.4 Å². The molecule has 31 heavy (non-hydrogen) atoms. The monoisotopic (exact) mass is 420 g/mol. The molecule has 2 aromatic carbocycles. The zero-order chi connectivity index (χ0) is 22.1. The second-order valence-electron chi connectivity index (χ2n) is 7.84. The molecule has 0 saturated heterocycles. The van der Waals surface area contributed by atoms with Crippen molar-refractivity contribution in [2.24, 2.45) is 11.6 Å². The van der Waals surface area contributed by atoms with Crippen molar-refractivity contribution in [3.05, 3.63) is 77.5 Å². The van der Waals surface area contributed by atoms with Crippen LogP contribution in [0.1, 0.15) is 43.2 Å². The topological polar surface area (TPSA) is 93.6 Å². The van der Waals surface area contributed by atoms with Crippen LogP contribution in [0.25, 0.3) is 11.8 Å². The van der Waals surface area contributed by atoms with Gasteiger partial charge in [-0.25, -0.2) is 5.84 Å². The molecule has 2 aromatic rings. The quantitative estimate of drug-likeness (QED) is 0.344. The van der Waals surface area contributed by atoms with Gasteiger partial charge in [-0.15, -0.1) is 0 Å². The van der Waals surface area contributed by atoms with E-state index < -0.39 is 0 Å². The first kappa shape index (κ1) is 22.4. The molecule has 1 fully saturated rings. The predicted octanol–water partition coefficient (Wildman–Crippen LogP) is 3.66. The van der Waals surface area contributed by atoms with E-state index in [1.165, 1.54) is 30.3 Å². The predicted molar refractivity (Wildman–Crippen MR) is 125 cm³/mol. The van der Waals surface area contributed by atoms with Gasteiger partial charge < -0.3 is 20.8 Å². The number of carbonyl (C=O) groups is 1. The van der Waals surface area contributed by atoms with Crippen LogP contribution in [0.5, 0.6) is 5.75 Å². The number of carbonyl (C=O) groups excluding carboxylic acids is 1. The number of hydrogen-bond acceptors (Lipinski definition) is 5. The van der Waals surface area contributed by atoms with E-state index in [9.17, 15) is 4.79 Å². The largest absolute Gasteiger partial charge is 0.490 e. The molecule has 3 rings (SSSR count). The van der Waals surface area contributed by atoms with E-state index in [1.54, 1.807) is 13.1 Å². The SMILES string of the molecule is CN(N)/C(CNC(=O)/C=C/c1ccccc1)=C(\N)c1ccc(OC2CCCCC2)cc1. The summed E-state index contributed by atoms with van der Waals surface area (Å²) in [5.41, 5.74) is 9.30. The van der Waals surface area contributed by atoms with Crippen molar-refractivity contribution in [1.82, 2.24) is 10.3 Å². The average molecular weight is 421 g/mol. The fourth-order valence-corrected chi connectivity index (χ4v) is 3.63. The summed E-state index contributed by atoms with van der Waals surface area (Å²) in [7, 11) is 1.70. The Morgan fingerprint density at radius 1 is 1.10 bits per heavy atom. The maximum absolute atomic E-state index is 12.2. The lowest BCUT2D eigenvalue weighted by Gasteiger charge is -2.23. The summed E-state index contributed by atoms with van der Waals surface area (Å²) in [6.45, 7) is 0.219. The maximum atomic E-state index is 12.2. The molecule has 1 amide bonds. The Kier molecular flexibility index (Phi) is 8.12. The summed E-state index contributed by atoms with van der Waals surface area (Å²) in [4.78, 5) is 12.2. The summed E-state index contributed by atoms with van der Waals surface area (Å²) < 4.78 is 6.08. The minimum Gasteiger partial charge on any atom is -0.490 e. The van der Waals surface area contributed by atoms with Crippen LogP contribution in [-0.2, 0) is 4.79 Å². The smallest absolute Gasteiger partial charge is 0.244 e. The second kappa shape index (κ2) is 11.2. The Morgan fingerprint density at radius 3 is 2.42 bits per heavy atom. The van der Waals surface area contributed by atoms with Gasteiger partial charge in [-0.2, -0.15) is 0 Å². The third kappa shape index (κ3) is 6.89. The highest BCUT2D eigenvalue weighted by Gasteiger charge is 2.15. The van der Waals surface area contributed by atoms with Gasteiger partial charge in [0.25, 0.3) is 0 Å². The van der Waals surface area contributed by atoms with Crippen molar-refractivity contribution >= 4 is 17.7 Å². The van der Waals surface area contributed by atoms with Gasteiger partial charge in [-0.1, -0.05) is 36.8 Å². The Labute approximate surface area is 184 Å². The highest BCUT2D eigenvalue weighted by Crippen LogP contribution is 2.25. The summed E-state index contributed by atoms with van der Waals surface area (Å²) in [6, 6.07) is 17.4. The number of benzene rings is 2. The molecule has 0 spiro atoms. The van der Waals surface area contributed by atoms with Gasteiger partial charge in [0.1, 0.15) is 5.75 Å².